The van der Waals surface area contributed by atoms with E-state index in [1.54, 1.807) is 11.3 Å². The van der Waals surface area contributed by atoms with E-state index >= 15 is 0 Å². The molecular weight excluding hydrogens is 194 g/mol. The summed E-state index contributed by atoms with van der Waals surface area (Å²) in [6, 6.07) is 6.74. The van der Waals surface area contributed by atoms with Crippen LogP contribution in [0.4, 0.5) is 0 Å². The van der Waals surface area contributed by atoms with E-state index in [4.69, 9.17) is 0 Å². The number of aromatic nitrogens is 1. The zero-order chi connectivity index (χ0) is 10.5. The van der Waals surface area contributed by atoms with E-state index in [-0.39, 0.29) is 0 Å². The Labute approximate surface area is 95.4 Å². The first kappa shape index (κ1) is 8.63. The molecule has 0 bridgehead atoms. The van der Waals surface area contributed by atoms with Crippen molar-refractivity contribution in [1.82, 2.24) is 4.57 Å². The molecule has 0 N–H and O–H groups in total. The molecule has 16 heavy (non-hydrogen) atoms. The number of allylic oxidation sites excluding steroid dienone is 1. The molecule has 1 aromatic carbocycles. The summed E-state index contributed by atoms with van der Waals surface area (Å²) in [5, 5.41) is 1.51. The van der Waals surface area contributed by atoms with Gasteiger partial charge >= 0.3 is 0 Å². The molecule has 0 saturated carbocycles. The summed E-state index contributed by atoms with van der Waals surface area (Å²) in [4.78, 5) is 0. The van der Waals surface area contributed by atoms with Crippen molar-refractivity contribution in [2.45, 2.75) is 32.2 Å². The number of nitrogens with zero attached hydrogens (tertiary/aromatic N) is 1. The van der Waals surface area contributed by atoms with E-state index in [0.29, 0.717) is 0 Å². The van der Waals surface area contributed by atoms with E-state index in [0.717, 1.165) is 6.54 Å². The smallest absolute Gasteiger partial charge is 0.0561 e. The van der Waals surface area contributed by atoms with E-state index in [2.05, 4.69) is 34.9 Å². The molecule has 0 amide bonds. The SMILES string of the molecule is C1=Cc2cccc3c4c(n(c23)C1)CCCC4. The predicted molar refractivity (Wildman–Crippen MR) is 67.6 cm³/mol. The van der Waals surface area contributed by atoms with Crippen molar-refractivity contribution >= 4 is 17.0 Å². The first-order chi connectivity index (χ1) is 7.95. The third kappa shape index (κ3) is 0.960. The highest BCUT2D eigenvalue weighted by Gasteiger charge is 2.21. The first-order valence-electron chi connectivity index (χ1n) is 6.24. The van der Waals surface area contributed by atoms with Crippen LogP contribution in [0.2, 0.25) is 0 Å². The molecule has 2 aliphatic rings. The standard InChI is InChI=1S/C15H15N/c1-2-9-14-12(7-1)13-8-3-5-11-6-4-10-16(14)15(11)13/h3-6,8H,1-2,7,9-10H2. The number of rotatable bonds is 0. The zero-order valence-electron chi connectivity index (χ0n) is 9.37. The third-order valence-corrected chi connectivity index (χ3v) is 4.01. The molecule has 0 spiro atoms. The summed E-state index contributed by atoms with van der Waals surface area (Å²) >= 11 is 0. The highest BCUT2D eigenvalue weighted by Crippen LogP contribution is 2.35. The number of hydrogen-bond donors (Lipinski definition) is 0. The second-order valence-electron chi connectivity index (χ2n) is 4.89. The number of para-hydroxylation sites is 1. The number of aryl methyl sites for hydroxylation is 1. The lowest BCUT2D eigenvalue weighted by molar-refractivity contribution is 0.641. The molecule has 2 aromatic rings. The lowest BCUT2D eigenvalue weighted by Gasteiger charge is -2.16. The van der Waals surface area contributed by atoms with Crippen LogP contribution in [0.5, 0.6) is 0 Å². The van der Waals surface area contributed by atoms with Crippen LogP contribution in [0, 0.1) is 0 Å². The maximum Gasteiger partial charge on any atom is 0.0561 e. The fraction of sp³-hybridized carbons (Fsp3) is 0.333. The molecule has 0 atom stereocenters. The van der Waals surface area contributed by atoms with Gasteiger partial charge in [0.2, 0.25) is 0 Å². The van der Waals surface area contributed by atoms with Gasteiger partial charge in [0.15, 0.2) is 0 Å². The molecule has 0 fully saturated rings. The van der Waals surface area contributed by atoms with Gasteiger partial charge in [0.05, 0.1) is 5.52 Å². The minimum atomic E-state index is 1.07. The number of benzene rings is 1. The van der Waals surface area contributed by atoms with Gasteiger partial charge in [-0.25, -0.2) is 0 Å². The molecule has 2 heterocycles. The Bertz CT molecular complexity index is 601. The van der Waals surface area contributed by atoms with Gasteiger partial charge in [-0.2, -0.15) is 0 Å². The van der Waals surface area contributed by atoms with E-state index in [1.165, 1.54) is 42.1 Å². The maximum atomic E-state index is 2.54. The Morgan fingerprint density at radius 2 is 2.00 bits per heavy atom. The summed E-state index contributed by atoms with van der Waals surface area (Å²) in [6.45, 7) is 1.07. The van der Waals surface area contributed by atoms with Crippen molar-refractivity contribution in [1.29, 1.82) is 0 Å². The molecular formula is C15H15N. The van der Waals surface area contributed by atoms with Gasteiger partial charge in [-0.1, -0.05) is 30.4 Å². The Kier molecular flexibility index (Phi) is 1.62. The van der Waals surface area contributed by atoms with Crippen molar-refractivity contribution < 1.29 is 0 Å². The van der Waals surface area contributed by atoms with E-state index < -0.39 is 0 Å². The summed E-state index contributed by atoms with van der Waals surface area (Å²) in [5.41, 5.74) is 6.12. The average molecular weight is 209 g/mol. The highest BCUT2D eigenvalue weighted by atomic mass is 15.0. The molecule has 1 nitrogen and oxygen atoms in total. The van der Waals surface area contributed by atoms with Crippen LogP contribution in [0.1, 0.15) is 29.7 Å². The molecule has 4 rings (SSSR count). The summed E-state index contributed by atoms with van der Waals surface area (Å²) in [6.07, 6.45) is 9.84. The predicted octanol–water partition coefficient (Wildman–Crippen LogP) is 3.55. The molecule has 0 unspecified atom stereocenters. The fourth-order valence-corrected chi connectivity index (χ4v) is 3.34. The second kappa shape index (κ2) is 3.00. The molecule has 1 aliphatic carbocycles. The molecule has 0 radical (unpaired) electrons. The van der Waals surface area contributed by atoms with Crippen molar-refractivity contribution in [3.05, 3.63) is 41.1 Å². The Hall–Kier alpha value is -1.50. The van der Waals surface area contributed by atoms with Crippen molar-refractivity contribution in [2.75, 3.05) is 0 Å². The molecule has 1 aromatic heterocycles. The number of hydrogen-bond acceptors (Lipinski definition) is 0. The Morgan fingerprint density at radius 3 is 3.00 bits per heavy atom. The van der Waals surface area contributed by atoms with Crippen molar-refractivity contribution in [3.8, 4) is 0 Å². The van der Waals surface area contributed by atoms with E-state index in [9.17, 15) is 0 Å². The van der Waals surface area contributed by atoms with Crippen LogP contribution in [0.15, 0.2) is 24.3 Å². The maximum absolute atomic E-state index is 2.54. The lowest BCUT2D eigenvalue weighted by atomic mass is 9.95. The van der Waals surface area contributed by atoms with E-state index in [1.807, 2.05) is 0 Å². The average Bonchev–Trinajstić information content (AvgIpc) is 2.68. The zero-order valence-corrected chi connectivity index (χ0v) is 9.37. The summed E-state index contributed by atoms with van der Waals surface area (Å²) in [5.74, 6) is 0. The minimum absolute atomic E-state index is 1.07. The molecule has 0 saturated heterocycles. The Balaban J connectivity index is 2.18. The van der Waals surface area contributed by atoms with Crippen molar-refractivity contribution in [2.24, 2.45) is 0 Å². The van der Waals surface area contributed by atoms with Gasteiger partial charge in [-0.05, 0) is 36.8 Å². The normalized spacial score (nSPS) is 17.8. The monoisotopic (exact) mass is 209 g/mol. The van der Waals surface area contributed by atoms with Crippen LogP contribution in [0.3, 0.4) is 0 Å². The molecule has 1 heteroatoms. The van der Waals surface area contributed by atoms with Gasteiger partial charge < -0.3 is 4.57 Å². The highest BCUT2D eigenvalue weighted by molar-refractivity contribution is 5.93. The van der Waals surface area contributed by atoms with Gasteiger partial charge in [-0.3, -0.25) is 0 Å². The minimum Gasteiger partial charge on any atom is -0.340 e. The van der Waals surface area contributed by atoms with Crippen LogP contribution in [0.25, 0.3) is 17.0 Å². The largest absolute Gasteiger partial charge is 0.340 e. The number of fused-ring (bicyclic) bond motifs is 3. The quantitative estimate of drug-likeness (QED) is 0.625. The summed E-state index contributed by atoms with van der Waals surface area (Å²) in [7, 11) is 0. The summed E-state index contributed by atoms with van der Waals surface area (Å²) < 4.78 is 2.54. The van der Waals surface area contributed by atoms with Gasteiger partial charge in [0.25, 0.3) is 0 Å². The van der Waals surface area contributed by atoms with Gasteiger partial charge in [0, 0.05) is 17.6 Å². The van der Waals surface area contributed by atoms with Gasteiger partial charge in [0.1, 0.15) is 0 Å². The lowest BCUT2D eigenvalue weighted by Crippen LogP contribution is -2.08. The van der Waals surface area contributed by atoms with Crippen LogP contribution in [-0.4, -0.2) is 4.57 Å². The topological polar surface area (TPSA) is 4.93 Å². The fourth-order valence-electron chi connectivity index (χ4n) is 3.34. The van der Waals surface area contributed by atoms with Crippen LogP contribution >= 0.6 is 0 Å². The third-order valence-electron chi connectivity index (χ3n) is 4.01. The van der Waals surface area contributed by atoms with Gasteiger partial charge in [-0.15, -0.1) is 0 Å². The first-order valence-corrected chi connectivity index (χ1v) is 6.24. The van der Waals surface area contributed by atoms with Crippen LogP contribution in [-0.2, 0) is 19.4 Å². The van der Waals surface area contributed by atoms with Crippen molar-refractivity contribution in [3.63, 3.8) is 0 Å². The molecule has 80 valence electrons. The second-order valence-corrected chi connectivity index (χ2v) is 4.89. The van der Waals surface area contributed by atoms with Crippen LogP contribution < -0.4 is 0 Å². The Morgan fingerprint density at radius 1 is 1.06 bits per heavy atom. The molecule has 1 aliphatic heterocycles.